The number of alkyl halides is 6. The highest BCUT2D eigenvalue weighted by molar-refractivity contribution is 5.96. The van der Waals surface area contributed by atoms with Crippen LogP contribution < -0.4 is 0 Å². The van der Waals surface area contributed by atoms with Gasteiger partial charge in [0.2, 0.25) is 0 Å². The third kappa shape index (κ3) is 3.08. The first kappa shape index (κ1) is 15.5. The van der Waals surface area contributed by atoms with Crippen LogP contribution in [0.1, 0.15) is 40.9 Å². The molecule has 0 N–H and O–H groups in total. The zero-order valence-electron chi connectivity index (χ0n) is 10.0. The van der Waals surface area contributed by atoms with Crippen molar-refractivity contribution in [3.05, 3.63) is 34.4 Å². The first-order chi connectivity index (χ1) is 8.50. The number of benzene rings is 1. The van der Waals surface area contributed by atoms with E-state index in [4.69, 9.17) is 0 Å². The molecule has 0 bridgehead atoms. The predicted molar refractivity (Wildman–Crippen MR) is 55.8 cm³/mol. The summed E-state index contributed by atoms with van der Waals surface area (Å²) < 4.78 is 76.5. The Kier molecular flexibility index (Phi) is 3.97. The minimum atomic E-state index is -5.17. The fraction of sp³-hybridized carbons (Fsp3) is 0.417. The fourth-order valence-corrected chi connectivity index (χ4v) is 1.90. The molecule has 0 aliphatic carbocycles. The van der Waals surface area contributed by atoms with Crippen LogP contribution in [0.5, 0.6) is 0 Å². The number of carbonyl (C=O) groups is 1. The van der Waals surface area contributed by atoms with Crippen molar-refractivity contribution in [3.8, 4) is 0 Å². The second-order valence-electron chi connectivity index (χ2n) is 3.92. The first-order valence-electron chi connectivity index (χ1n) is 5.31. The average Bonchev–Trinajstić information content (AvgIpc) is 2.24. The summed E-state index contributed by atoms with van der Waals surface area (Å²) in [5.41, 5.74) is -4.48. The Morgan fingerprint density at radius 3 is 1.89 bits per heavy atom. The molecule has 0 spiro atoms. The topological polar surface area (TPSA) is 17.1 Å². The third-order valence-corrected chi connectivity index (χ3v) is 2.63. The van der Waals surface area contributed by atoms with E-state index in [1.165, 1.54) is 6.92 Å². The van der Waals surface area contributed by atoms with Crippen LogP contribution in [-0.2, 0) is 18.8 Å². The van der Waals surface area contributed by atoms with Crippen LogP contribution in [0, 0.1) is 0 Å². The molecule has 0 fully saturated rings. The quantitative estimate of drug-likeness (QED) is 0.577. The average molecular weight is 284 g/mol. The van der Waals surface area contributed by atoms with Crippen molar-refractivity contribution in [2.75, 3.05) is 0 Å². The lowest BCUT2D eigenvalue weighted by atomic mass is 9.91. The largest absolute Gasteiger partial charge is 0.417 e. The molecule has 106 valence electrons. The van der Waals surface area contributed by atoms with E-state index in [9.17, 15) is 31.1 Å². The van der Waals surface area contributed by atoms with Crippen LogP contribution in [0.25, 0.3) is 0 Å². The van der Waals surface area contributed by atoms with E-state index < -0.39 is 34.8 Å². The zero-order valence-corrected chi connectivity index (χ0v) is 10.0. The van der Waals surface area contributed by atoms with Crippen molar-refractivity contribution < 1.29 is 31.1 Å². The molecule has 0 aliphatic heterocycles. The Bertz CT molecular complexity index is 498. The Morgan fingerprint density at radius 2 is 1.58 bits per heavy atom. The molecule has 0 atom stereocenters. The number of carbonyl (C=O) groups excluding carboxylic acids is 1. The molecular formula is C12H10F6O. The van der Waals surface area contributed by atoms with Gasteiger partial charge in [-0.2, -0.15) is 26.3 Å². The molecule has 1 rings (SSSR count). The number of hydrogen-bond acceptors (Lipinski definition) is 1. The molecule has 0 saturated heterocycles. The Hall–Kier alpha value is -1.53. The lowest BCUT2D eigenvalue weighted by Gasteiger charge is -2.20. The SMILES string of the molecule is CCc1c(C(C)=O)ccc(C(F)(F)F)c1C(F)(F)F. The monoisotopic (exact) mass is 284 g/mol. The van der Waals surface area contributed by atoms with Crippen LogP contribution in [0.4, 0.5) is 26.3 Å². The van der Waals surface area contributed by atoms with Crippen molar-refractivity contribution >= 4 is 5.78 Å². The highest BCUT2D eigenvalue weighted by atomic mass is 19.4. The van der Waals surface area contributed by atoms with E-state index in [-0.39, 0.29) is 12.0 Å². The standard InChI is InChI=1S/C12H10F6O/c1-3-7-8(6(2)19)4-5-9(11(13,14)15)10(7)12(16,17)18/h4-5H,3H2,1-2H3. The van der Waals surface area contributed by atoms with Gasteiger partial charge in [-0.1, -0.05) is 13.0 Å². The smallest absolute Gasteiger partial charge is 0.295 e. The Morgan fingerprint density at radius 1 is 1.05 bits per heavy atom. The van der Waals surface area contributed by atoms with Gasteiger partial charge in [0.05, 0.1) is 11.1 Å². The Balaban J connectivity index is 3.76. The summed E-state index contributed by atoms with van der Waals surface area (Å²) in [6.07, 6.45) is -10.6. The van der Waals surface area contributed by atoms with Crippen LogP contribution >= 0.6 is 0 Å². The summed E-state index contributed by atoms with van der Waals surface area (Å²) >= 11 is 0. The van der Waals surface area contributed by atoms with E-state index in [0.717, 1.165) is 13.0 Å². The minimum Gasteiger partial charge on any atom is -0.295 e. The third-order valence-electron chi connectivity index (χ3n) is 2.63. The number of Topliss-reactive ketones (excluding diaryl/α,β-unsaturated/α-hetero) is 1. The highest BCUT2D eigenvalue weighted by Crippen LogP contribution is 2.43. The lowest BCUT2D eigenvalue weighted by molar-refractivity contribution is -0.162. The second kappa shape index (κ2) is 4.86. The molecule has 0 unspecified atom stereocenters. The van der Waals surface area contributed by atoms with E-state index >= 15 is 0 Å². The number of rotatable bonds is 2. The van der Waals surface area contributed by atoms with Crippen molar-refractivity contribution in [1.29, 1.82) is 0 Å². The molecular weight excluding hydrogens is 274 g/mol. The van der Waals surface area contributed by atoms with Crippen LogP contribution in [-0.4, -0.2) is 5.78 Å². The van der Waals surface area contributed by atoms with Gasteiger partial charge >= 0.3 is 12.4 Å². The molecule has 0 radical (unpaired) electrons. The van der Waals surface area contributed by atoms with E-state index in [2.05, 4.69) is 0 Å². The number of halogens is 6. The van der Waals surface area contributed by atoms with Crippen LogP contribution in [0.3, 0.4) is 0 Å². The normalized spacial score (nSPS) is 12.6. The summed E-state index contributed by atoms with van der Waals surface area (Å²) in [5.74, 6) is -0.698. The number of hydrogen-bond donors (Lipinski definition) is 0. The van der Waals surface area contributed by atoms with Gasteiger partial charge in [-0.25, -0.2) is 0 Å². The van der Waals surface area contributed by atoms with Gasteiger partial charge in [-0.05, 0) is 25.0 Å². The fourth-order valence-electron chi connectivity index (χ4n) is 1.90. The molecule has 0 heterocycles. The van der Waals surface area contributed by atoms with Crippen molar-refractivity contribution in [2.45, 2.75) is 32.6 Å². The van der Waals surface area contributed by atoms with E-state index in [0.29, 0.717) is 6.07 Å². The maximum Gasteiger partial charge on any atom is 0.417 e. The summed E-state index contributed by atoms with van der Waals surface area (Å²) in [6, 6.07) is 1.10. The highest BCUT2D eigenvalue weighted by Gasteiger charge is 2.45. The van der Waals surface area contributed by atoms with Gasteiger partial charge in [0.1, 0.15) is 0 Å². The van der Waals surface area contributed by atoms with E-state index in [1.54, 1.807) is 0 Å². The van der Waals surface area contributed by atoms with Crippen molar-refractivity contribution in [3.63, 3.8) is 0 Å². The van der Waals surface area contributed by atoms with Crippen molar-refractivity contribution in [1.82, 2.24) is 0 Å². The molecule has 0 amide bonds. The zero-order chi connectivity index (χ0) is 15.0. The molecule has 0 aromatic heterocycles. The van der Waals surface area contributed by atoms with Gasteiger partial charge in [-0.15, -0.1) is 0 Å². The maximum atomic E-state index is 12.9. The first-order valence-corrected chi connectivity index (χ1v) is 5.31. The summed E-state index contributed by atoms with van der Waals surface area (Å²) in [7, 11) is 0. The number of ketones is 1. The summed E-state index contributed by atoms with van der Waals surface area (Å²) in [5, 5.41) is 0. The predicted octanol–water partition coefficient (Wildman–Crippen LogP) is 4.49. The summed E-state index contributed by atoms with van der Waals surface area (Å²) in [4.78, 5) is 11.2. The van der Waals surface area contributed by atoms with Gasteiger partial charge in [-0.3, -0.25) is 4.79 Å². The molecule has 0 saturated carbocycles. The van der Waals surface area contributed by atoms with Gasteiger partial charge in [0.25, 0.3) is 0 Å². The molecule has 7 heteroatoms. The lowest BCUT2D eigenvalue weighted by Crippen LogP contribution is -2.21. The molecule has 1 nitrogen and oxygen atoms in total. The van der Waals surface area contributed by atoms with Crippen LogP contribution in [0.2, 0.25) is 0 Å². The molecule has 1 aromatic carbocycles. The second-order valence-corrected chi connectivity index (χ2v) is 3.92. The Labute approximate surface area is 105 Å². The van der Waals surface area contributed by atoms with Gasteiger partial charge in [0.15, 0.2) is 5.78 Å². The van der Waals surface area contributed by atoms with E-state index in [1.807, 2.05) is 0 Å². The van der Waals surface area contributed by atoms with Crippen LogP contribution in [0.15, 0.2) is 12.1 Å². The summed E-state index contributed by atoms with van der Waals surface area (Å²) in [6.45, 7) is 2.29. The molecule has 1 aromatic rings. The van der Waals surface area contributed by atoms with Crippen molar-refractivity contribution in [2.24, 2.45) is 0 Å². The maximum absolute atomic E-state index is 12.9. The molecule has 19 heavy (non-hydrogen) atoms. The molecule has 0 aliphatic rings. The van der Waals surface area contributed by atoms with Gasteiger partial charge in [0, 0.05) is 5.56 Å². The van der Waals surface area contributed by atoms with Gasteiger partial charge < -0.3 is 0 Å². The minimum absolute atomic E-state index is 0.304.